The Morgan fingerprint density at radius 1 is 1.33 bits per heavy atom. The van der Waals surface area contributed by atoms with Crippen LogP contribution in [-0.2, 0) is 12.8 Å². The first-order valence-corrected chi connectivity index (χ1v) is 11.6. The van der Waals surface area contributed by atoms with Crippen LogP contribution in [0.25, 0.3) is 20.4 Å². The maximum atomic E-state index is 12.8. The highest BCUT2D eigenvalue weighted by molar-refractivity contribution is 7.99. The monoisotopic (exact) mass is 414 g/mol. The fourth-order valence-corrected chi connectivity index (χ4v) is 6.79. The van der Waals surface area contributed by atoms with Gasteiger partial charge >= 0.3 is 0 Å². The maximum Gasteiger partial charge on any atom is 0.259 e. The number of H-pyrrole nitrogens is 1. The average Bonchev–Trinajstić information content (AvgIpc) is 3.25. The Kier molecular flexibility index (Phi) is 4.29. The molecule has 1 aliphatic carbocycles. The molecular formula is C19H18N4OS3. The molecule has 138 valence electrons. The van der Waals surface area contributed by atoms with Crippen molar-refractivity contribution in [1.82, 2.24) is 19.9 Å². The molecule has 2 atom stereocenters. The van der Waals surface area contributed by atoms with E-state index in [0.717, 1.165) is 44.7 Å². The Morgan fingerprint density at radius 3 is 3.11 bits per heavy atom. The molecule has 1 aliphatic rings. The second-order valence-electron chi connectivity index (χ2n) is 7.06. The van der Waals surface area contributed by atoms with Crippen LogP contribution in [0.1, 0.15) is 41.8 Å². The molecule has 0 bridgehead atoms. The zero-order valence-electron chi connectivity index (χ0n) is 15.0. The molecular weight excluding hydrogens is 396 g/mol. The lowest BCUT2D eigenvalue weighted by Crippen LogP contribution is -2.15. The molecule has 0 amide bonds. The van der Waals surface area contributed by atoms with Crippen molar-refractivity contribution in [2.45, 2.75) is 43.4 Å². The zero-order valence-corrected chi connectivity index (χ0v) is 17.4. The summed E-state index contributed by atoms with van der Waals surface area (Å²) in [5, 5.41) is 4.82. The molecule has 0 radical (unpaired) electrons. The van der Waals surface area contributed by atoms with Crippen molar-refractivity contribution in [3.63, 3.8) is 0 Å². The minimum atomic E-state index is -0.00197. The normalized spacial score (nSPS) is 18.1. The second kappa shape index (κ2) is 6.68. The van der Waals surface area contributed by atoms with E-state index in [2.05, 4.69) is 28.8 Å². The number of hydrogen-bond acceptors (Lipinski definition) is 7. The van der Waals surface area contributed by atoms with Gasteiger partial charge in [0, 0.05) is 10.3 Å². The lowest BCUT2D eigenvalue weighted by Gasteiger charge is -2.17. The third-order valence-electron chi connectivity index (χ3n) is 5.08. The predicted octanol–water partition coefficient (Wildman–Crippen LogP) is 4.97. The fourth-order valence-electron chi connectivity index (χ4n) is 3.64. The first-order valence-electron chi connectivity index (χ1n) is 8.99. The van der Waals surface area contributed by atoms with Gasteiger partial charge in [0.1, 0.15) is 26.8 Å². The topological polar surface area (TPSA) is 71.5 Å². The summed E-state index contributed by atoms with van der Waals surface area (Å²) in [6.45, 7) is 4.34. The van der Waals surface area contributed by atoms with Crippen LogP contribution < -0.4 is 5.56 Å². The average molecular weight is 415 g/mol. The van der Waals surface area contributed by atoms with Crippen molar-refractivity contribution in [1.29, 1.82) is 0 Å². The highest BCUT2D eigenvalue weighted by Gasteiger charge is 2.24. The van der Waals surface area contributed by atoms with E-state index in [1.54, 1.807) is 40.8 Å². The number of aromatic nitrogens is 4. The Labute approximate surface area is 168 Å². The molecule has 4 aromatic heterocycles. The van der Waals surface area contributed by atoms with Crippen molar-refractivity contribution in [2.75, 3.05) is 0 Å². The summed E-state index contributed by atoms with van der Waals surface area (Å²) in [5.41, 5.74) is 1.22. The van der Waals surface area contributed by atoms with Gasteiger partial charge in [-0.25, -0.2) is 15.0 Å². The summed E-state index contributed by atoms with van der Waals surface area (Å²) in [7, 11) is 0. The molecule has 8 heteroatoms. The smallest absolute Gasteiger partial charge is 0.259 e. The van der Waals surface area contributed by atoms with Crippen molar-refractivity contribution in [3.8, 4) is 0 Å². The van der Waals surface area contributed by atoms with Crippen LogP contribution in [0, 0.1) is 5.92 Å². The lowest BCUT2D eigenvalue weighted by molar-refractivity contribution is 0.509. The number of thioether (sulfide) groups is 1. The summed E-state index contributed by atoms with van der Waals surface area (Å²) in [6, 6.07) is 2.04. The molecule has 0 fully saturated rings. The van der Waals surface area contributed by atoms with Gasteiger partial charge < -0.3 is 4.98 Å². The number of aryl methyl sites for hydroxylation is 1. The van der Waals surface area contributed by atoms with E-state index in [4.69, 9.17) is 4.98 Å². The molecule has 0 aromatic carbocycles. The van der Waals surface area contributed by atoms with Gasteiger partial charge in [-0.1, -0.05) is 18.7 Å². The SMILES string of the molecule is C[C@H]1CCc2c(sc3nc([C@@H](C)Sc4ncnc5sccc45)[nH]c(=O)c23)C1. The first-order chi connectivity index (χ1) is 13.1. The van der Waals surface area contributed by atoms with Gasteiger partial charge in [-0.3, -0.25) is 4.79 Å². The number of thiophene rings is 2. The van der Waals surface area contributed by atoms with E-state index in [1.165, 1.54) is 10.4 Å². The number of rotatable bonds is 3. The molecule has 4 heterocycles. The highest BCUT2D eigenvalue weighted by atomic mass is 32.2. The van der Waals surface area contributed by atoms with Crippen LogP contribution in [0.3, 0.4) is 0 Å². The minimum Gasteiger partial charge on any atom is -0.309 e. The van der Waals surface area contributed by atoms with Crippen molar-refractivity contribution in [3.05, 3.63) is 44.4 Å². The third kappa shape index (κ3) is 2.99. The molecule has 5 rings (SSSR count). The van der Waals surface area contributed by atoms with E-state index in [0.29, 0.717) is 11.7 Å². The van der Waals surface area contributed by atoms with Crippen LogP contribution >= 0.6 is 34.4 Å². The minimum absolute atomic E-state index is 0.00171. The summed E-state index contributed by atoms with van der Waals surface area (Å²) in [4.78, 5) is 32.6. The van der Waals surface area contributed by atoms with E-state index in [9.17, 15) is 4.79 Å². The molecule has 0 saturated heterocycles. The molecule has 4 aromatic rings. The third-order valence-corrected chi connectivity index (χ3v) is 8.18. The largest absolute Gasteiger partial charge is 0.309 e. The van der Waals surface area contributed by atoms with Gasteiger partial charge in [-0.15, -0.1) is 22.7 Å². The number of aromatic amines is 1. The number of nitrogens with zero attached hydrogens (tertiary/aromatic N) is 3. The van der Waals surface area contributed by atoms with Gasteiger partial charge in [0.15, 0.2) is 0 Å². The number of fused-ring (bicyclic) bond motifs is 4. The molecule has 1 N–H and O–H groups in total. The van der Waals surface area contributed by atoms with Crippen molar-refractivity contribution in [2.24, 2.45) is 5.92 Å². The quantitative estimate of drug-likeness (QED) is 0.379. The van der Waals surface area contributed by atoms with Crippen LogP contribution in [-0.4, -0.2) is 19.9 Å². The van der Waals surface area contributed by atoms with Crippen LogP contribution in [0.5, 0.6) is 0 Å². The Bertz CT molecular complexity index is 1210. The van der Waals surface area contributed by atoms with E-state index in [-0.39, 0.29) is 10.8 Å². The first kappa shape index (κ1) is 17.3. The van der Waals surface area contributed by atoms with Crippen molar-refractivity contribution >= 4 is 54.9 Å². The molecule has 0 spiro atoms. The maximum absolute atomic E-state index is 12.8. The van der Waals surface area contributed by atoms with Gasteiger partial charge in [0.05, 0.1) is 10.6 Å². The van der Waals surface area contributed by atoms with Gasteiger partial charge in [0.25, 0.3) is 5.56 Å². The molecule has 0 aliphatic heterocycles. The van der Waals surface area contributed by atoms with Gasteiger partial charge in [0.2, 0.25) is 0 Å². The van der Waals surface area contributed by atoms with Crippen LogP contribution in [0.2, 0.25) is 0 Å². The van der Waals surface area contributed by atoms with Crippen LogP contribution in [0.15, 0.2) is 27.6 Å². The molecule has 27 heavy (non-hydrogen) atoms. The Hall–Kier alpha value is -1.77. The van der Waals surface area contributed by atoms with Crippen molar-refractivity contribution < 1.29 is 0 Å². The summed E-state index contributed by atoms with van der Waals surface area (Å²) >= 11 is 4.91. The lowest BCUT2D eigenvalue weighted by atomic mass is 9.89. The Balaban J connectivity index is 1.53. The molecule has 0 saturated carbocycles. The predicted molar refractivity (Wildman–Crippen MR) is 113 cm³/mol. The summed E-state index contributed by atoms with van der Waals surface area (Å²) in [6.07, 6.45) is 4.80. The Morgan fingerprint density at radius 2 is 2.22 bits per heavy atom. The summed E-state index contributed by atoms with van der Waals surface area (Å²) < 4.78 is 0. The van der Waals surface area contributed by atoms with Gasteiger partial charge in [-0.05, 0) is 49.1 Å². The van der Waals surface area contributed by atoms with Gasteiger partial charge in [-0.2, -0.15) is 0 Å². The highest BCUT2D eigenvalue weighted by Crippen LogP contribution is 2.39. The molecule has 5 nitrogen and oxygen atoms in total. The second-order valence-corrected chi connectivity index (χ2v) is 10.4. The van der Waals surface area contributed by atoms with E-state index < -0.39 is 0 Å². The summed E-state index contributed by atoms with van der Waals surface area (Å²) in [5.74, 6) is 1.40. The van der Waals surface area contributed by atoms with Crippen LogP contribution in [0.4, 0.5) is 0 Å². The molecule has 0 unspecified atom stereocenters. The standard InChI is InChI=1S/C19H18N4OS3/c1-9-3-4-11-13(7-9)27-19-14(11)16(24)22-15(23-19)10(2)26-18-12-5-6-25-17(12)20-8-21-18/h5-6,8-10H,3-4,7H2,1-2H3,(H,22,23,24)/t9-,10+/m0/s1. The van der Waals surface area contributed by atoms with E-state index >= 15 is 0 Å². The number of hydrogen-bond donors (Lipinski definition) is 1. The number of nitrogens with one attached hydrogen (secondary N) is 1. The fraction of sp³-hybridized carbons (Fsp3) is 0.368. The van der Waals surface area contributed by atoms with E-state index in [1.807, 2.05) is 11.4 Å². The zero-order chi connectivity index (χ0) is 18.5.